The van der Waals surface area contributed by atoms with Gasteiger partial charge in [-0.15, -0.1) is 10.2 Å². The Morgan fingerprint density at radius 1 is 0.784 bits per heavy atom. The first-order chi connectivity index (χ1) is 18.2. The highest BCUT2D eigenvalue weighted by Gasteiger charge is 2.15. The first-order valence-corrected chi connectivity index (χ1v) is 12.6. The van der Waals surface area contributed by atoms with Crippen molar-refractivity contribution in [3.05, 3.63) is 96.1 Å². The molecule has 2 aromatic heterocycles. The maximum atomic E-state index is 12.1. The summed E-state index contributed by atoms with van der Waals surface area (Å²) >= 11 is 0. The highest BCUT2D eigenvalue weighted by Crippen LogP contribution is 2.20. The molecular formula is C29H31N5O3. The number of rotatable bonds is 14. The molecule has 0 fully saturated rings. The summed E-state index contributed by atoms with van der Waals surface area (Å²) in [5, 5.41) is 13.9. The lowest BCUT2D eigenvalue weighted by Crippen LogP contribution is -2.30. The quantitative estimate of drug-likeness (QED) is 0.184. The van der Waals surface area contributed by atoms with Crippen molar-refractivity contribution in [2.75, 3.05) is 5.32 Å². The van der Waals surface area contributed by atoms with E-state index in [2.05, 4.69) is 37.9 Å². The molecule has 0 aliphatic carbocycles. The molecule has 4 rings (SSSR count). The van der Waals surface area contributed by atoms with Crippen molar-refractivity contribution in [3.8, 4) is 11.5 Å². The predicted molar refractivity (Wildman–Crippen MR) is 141 cm³/mol. The van der Waals surface area contributed by atoms with Crippen LogP contribution in [-0.2, 0) is 29.1 Å². The summed E-state index contributed by atoms with van der Waals surface area (Å²) < 4.78 is 5.65. The number of amides is 1. The molecule has 0 radical (unpaired) electrons. The van der Waals surface area contributed by atoms with E-state index in [1.807, 2.05) is 60.8 Å². The van der Waals surface area contributed by atoms with Gasteiger partial charge in [0.15, 0.2) is 0 Å². The van der Waals surface area contributed by atoms with Crippen LogP contribution in [0.25, 0.3) is 11.5 Å². The lowest BCUT2D eigenvalue weighted by molar-refractivity contribution is -0.138. The van der Waals surface area contributed by atoms with Crippen LogP contribution >= 0.6 is 0 Å². The molecule has 0 saturated heterocycles. The van der Waals surface area contributed by atoms with Gasteiger partial charge < -0.3 is 15.1 Å². The second kappa shape index (κ2) is 13.7. The van der Waals surface area contributed by atoms with E-state index in [-0.39, 0.29) is 18.9 Å². The molecule has 2 heterocycles. The van der Waals surface area contributed by atoms with Crippen molar-refractivity contribution >= 4 is 17.4 Å². The normalized spacial score (nSPS) is 10.7. The fraction of sp³-hybridized carbons (Fsp3) is 0.276. The molecule has 2 aromatic carbocycles. The van der Waals surface area contributed by atoms with Crippen LogP contribution in [0.15, 0.2) is 83.5 Å². The molecule has 4 aromatic rings. The maximum absolute atomic E-state index is 12.1. The Hall–Kier alpha value is -4.33. The van der Waals surface area contributed by atoms with Crippen molar-refractivity contribution < 1.29 is 14.0 Å². The lowest BCUT2D eigenvalue weighted by atomic mass is 10.0. The first kappa shape index (κ1) is 25.8. The zero-order valence-electron chi connectivity index (χ0n) is 20.7. The number of nitrogens with zero attached hydrogens (tertiary/aromatic N) is 3. The predicted octanol–water partition coefficient (Wildman–Crippen LogP) is 5.12. The van der Waals surface area contributed by atoms with Gasteiger partial charge in [0.25, 0.3) is 5.91 Å². The van der Waals surface area contributed by atoms with E-state index in [1.54, 1.807) is 6.20 Å². The Balaban J connectivity index is 1.13. The van der Waals surface area contributed by atoms with Gasteiger partial charge in [0.05, 0.1) is 6.54 Å². The van der Waals surface area contributed by atoms with Crippen LogP contribution in [0.5, 0.6) is 0 Å². The maximum Gasteiger partial charge on any atom is 0.287 e. The van der Waals surface area contributed by atoms with Crippen molar-refractivity contribution in [3.63, 3.8) is 0 Å². The Kier molecular flexibility index (Phi) is 9.52. The third-order valence-electron chi connectivity index (χ3n) is 5.93. The fourth-order valence-electron chi connectivity index (χ4n) is 3.86. The molecule has 0 spiro atoms. The molecule has 37 heavy (non-hydrogen) atoms. The number of carbonyl (C=O) groups is 2. The van der Waals surface area contributed by atoms with Crippen molar-refractivity contribution in [1.29, 1.82) is 0 Å². The molecule has 0 unspecified atom stereocenters. The summed E-state index contributed by atoms with van der Waals surface area (Å²) in [6.45, 7) is 0.684. The summed E-state index contributed by atoms with van der Waals surface area (Å²) in [5.74, 6) is -0.439. The second-order valence-electron chi connectivity index (χ2n) is 8.80. The SMILES string of the molecule is O=C(CCCCCCc1ccccc1)C(=O)NCc1nnc(-c2ccc(NCc3cccnc3)cc2)o1. The third kappa shape index (κ3) is 8.38. The van der Waals surface area contributed by atoms with E-state index in [1.165, 1.54) is 5.56 Å². The van der Waals surface area contributed by atoms with Crippen molar-refractivity contribution in [2.24, 2.45) is 0 Å². The Bertz CT molecular complexity index is 1260. The van der Waals surface area contributed by atoms with Gasteiger partial charge in [-0.05, 0) is 60.7 Å². The van der Waals surface area contributed by atoms with Gasteiger partial charge in [-0.25, -0.2) is 0 Å². The topological polar surface area (TPSA) is 110 Å². The number of benzene rings is 2. The number of unbranched alkanes of at least 4 members (excludes halogenated alkanes) is 3. The number of hydrogen-bond donors (Lipinski definition) is 2. The van der Waals surface area contributed by atoms with E-state index < -0.39 is 11.7 Å². The van der Waals surface area contributed by atoms with Crippen LogP contribution < -0.4 is 10.6 Å². The number of nitrogens with one attached hydrogen (secondary N) is 2. The molecule has 0 bridgehead atoms. The van der Waals surface area contributed by atoms with Gasteiger partial charge in [0, 0.05) is 36.6 Å². The van der Waals surface area contributed by atoms with Crippen LogP contribution in [0.1, 0.15) is 49.1 Å². The van der Waals surface area contributed by atoms with Crippen molar-refractivity contribution in [2.45, 2.75) is 51.6 Å². The second-order valence-corrected chi connectivity index (χ2v) is 8.80. The number of aryl methyl sites for hydroxylation is 1. The van der Waals surface area contributed by atoms with E-state index >= 15 is 0 Å². The van der Waals surface area contributed by atoms with Crippen LogP contribution in [0, 0.1) is 0 Å². The Morgan fingerprint density at radius 3 is 2.35 bits per heavy atom. The summed E-state index contributed by atoms with van der Waals surface area (Å²) in [5.41, 5.74) is 4.13. The number of pyridine rings is 1. The zero-order valence-corrected chi connectivity index (χ0v) is 20.7. The molecule has 0 atom stereocenters. The van der Waals surface area contributed by atoms with Gasteiger partial charge in [0.1, 0.15) is 0 Å². The molecule has 190 valence electrons. The van der Waals surface area contributed by atoms with Crippen molar-refractivity contribution in [1.82, 2.24) is 20.5 Å². The van der Waals surface area contributed by atoms with Crippen LogP contribution in [0.2, 0.25) is 0 Å². The molecule has 0 saturated carbocycles. The number of Topliss-reactive ketones (excluding diaryl/α,β-unsaturated/α-hetero) is 1. The molecule has 0 aliphatic rings. The van der Waals surface area contributed by atoms with Gasteiger partial charge in [-0.1, -0.05) is 49.2 Å². The van der Waals surface area contributed by atoms with Gasteiger partial charge in [0.2, 0.25) is 17.6 Å². The summed E-state index contributed by atoms with van der Waals surface area (Å²) in [4.78, 5) is 28.4. The summed E-state index contributed by atoms with van der Waals surface area (Å²) in [6.07, 6.45) is 8.60. The molecular weight excluding hydrogens is 466 g/mol. The minimum absolute atomic E-state index is 0.0133. The van der Waals surface area contributed by atoms with Crippen LogP contribution in [0.4, 0.5) is 5.69 Å². The smallest absolute Gasteiger partial charge is 0.287 e. The number of hydrogen-bond acceptors (Lipinski definition) is 7. The number of aromatic nitrogens is 3. The monoisotopic (exact) mass is 497 g/mol. The summed E-state index contributed by atoms with van der Waals surface area (Å²) in [6, 6.07) is 21.9. The van der Waals surface area contributed by atoms with E-state index in [4.69, 9.17) is 4.42 Å². The standard InChI is InChI=1S/C29H31N5O3/c35-26(13-7-2-1-4-9-22-10-5-3-6-11-22)28(36)32-21-27-33-34-29(37-27)24-14-16-25(17-15-24)31-20-23-12-8-18-30-19-23/h3,5-6,8,10-12,14-19,31H,1-2,4,7,9,13,20-21H2,(H,32,36). The Labute approximate surface area is 216 Å². The largest absolute Gasteiger partial charge is 0.419 e. The highest BCUT2D eigenvalue weighted by molar-refractivity contribution is 6.36. The molecule has 0 aliphatic heterocycles. The average molecular weight is 498 g/mol. The van der Waals surface area contributed by atoms with E-state index in [0.29, 0.717) is 18.9 Å². The minimum Gasteiger partial charge on any atom is -0.419 e. The lowest BCUT2D eigenvalue weighted by Gasteiger charge is -2.06. The third-order valence-corrected chi connectivity index (χ3v) is 5.93. The first-order valence-electron chi connectivity index (χ1n) is 12.6. The molecule has 8 nitrogen and oxygen atoms in total. The zero-order chi connectivity index (χ0) is 25.7. The van der Waals surface area contributed by atoms with Gasteiger partial charge in [-0.3, -0.25) is 14.6 Å². The molecule has 2 N–H and O–H groups in total. The van der Waals surface area contributed by atoms with Gasteiger partial charge in [-0.2, -0.15) is 0 Å². The Morgan fingerprint density at radius 2 is 1.57 bits per heavy atom. The van der Waals surface area contributed by atoms with Crippen LogP contribution in [-0.4, -0.2) is 26.9 Å². The fourth-order valence-corrected chi connectivity index (χ4v) is 3.86. The average Bonchev–Trinajstić information content (AvgIpc) is 3.43. The van der Waals surface area contributed by atoms with Crippen LogP contribution in [0.3, 0.4) is 0 Å². The summed E-state index contributed by atoms with van der Waals surface area (Å²) in [7, 11) is 0. The van der Waals surface area contributed by atoms with Gasteiger partial charge >= 0.3 is 0 Å². The number of carbonyl (C=O) groups excluding carboxylic acids is 2. The number of ketones is 1. The van der Waals surface area contributed by atoms with E-state index in [0.717, 1.165) is 42.5 Å². The highest BCUT2D eigenvalue weighted by atomic mass is 16.4. The number of anilines is 1. The molecule has 1 amide bonds. The molecule has 8 heteroatoms. The minimum atomic E-state index is -0.618. The van der Waals surface area contributed by atoms with E-state index in [9.17, 15) is 9.59 Å².